The fourth-order valence-corrected chi connectivity index (χ4v) is 1.79. The van der Waals surface area contributed by atoms with E-state index < -0.39 is 0 Å². The van der Waals surface area contributed by atoms with E-state index in [2.05, 4.69) is 19.8 Å². The minimum Gasteiger partial charge on any atom is -0.367 e. The number of nitrogens with one attached hydrogen (secondary N) is 1. The Morgan fingerprint density at radius 1 is 1.60 bits per heavy atom. The van der Waals surface area contributed by atoms with Gasteiger partial charge in [0.1, 0.15) is 0 Å². The van der Waals surface area contributed by atoms with E-state index >= 15 is 0 Å². The van der Waals surface area contributed by atoms with Crippen LogP contribution in [-0.4, -0.2) is 19.1 Å². The van der Waals surface area contributed by atoms with E-state index in [0.717, 1.165) is 16.4 Å². The van der Waals surface area contributed by atoms with Gasteiger partial charge in [-0.1, -0.05) is 0 Å². The third-order valence-corrected chi connectivity index (χ3v) is 2.67. The number of aryl methyl sites for hydroxylation is 2. The van der Waals surface area contributed by atoms with Crippen LogP contribution in [0.3, 0.4) is 0 Å². The van der Waals surface area contributed by atoms with Crippen molar-refractivity contribution in [3.05, 3.63) is 17.5 Å². The van der Waals surface area contributed by atoms with Gasteiger partial charge in [0.2, 0.25) is 11.1 Å². The Hall–Kier alpha value is -1.63. The molecule has 80 valence electrons. The molecule has 7 heteroatoms. The summed E-state index contributed by atoms with van der Waals surface area (Å²) in [6, 6.07) is 0. The molecule has 2 aromatic rings. The van der Waals surface area contributed by atoms with Crippen LogP contribution in [0.15, 0.2) is 6.20 Å². The van der Waals surface area contributed by atoms with E-state index in [-0.39, 0.29) is 0 Å². The predicted molar refractivity (Wildman–Crippen MR) is 59.6 cm³/mol. The molecule has 2 aromatic heterocycles. The molecule has 0 aromatic carbocycles. The highest BCUT2D eigenvalue weighted by molar-refractivity contribution is 7.09. The summed E-state index contributed by atoms with van der Waals surface area (Å²) in [5.74, 6) is 0.311. The van der Waals surface area contributed by atoms with Crippen molar-refractivity contribution in [3.63, 3.8) is 0 Å². The molecule has 15 heavy (non-hydrogen) atoms. The van der Waals surface area contributed by atoms with Gasteiger partial charge in [0, 0.05) is 36.9 Å². The monoisotopic (exact) mass is 224 g/mol. The molecule has 0 saturated carbocycles. The normalized spacial score (nSPS) is 10.5. The zero-order chi connectivity index (χ0) is 10.8. The number of nitrogen functional groups attached to an aromatic ring is 1. The van der Waals surface area contributed by atoms with Gasteiger partial charge in [-0.2, -0.15) is 14.5 Å². The molecule has 6 nitrogen and oxygen atoms in total. The van der Waals surface area contributed by atoms with Crippen molar-refractivity contribution in [3.8, 4) is 0 Å². The molecule has 0 aliphatic rings. The second-order valence-corrected chi connectivity index (χ2v) is 3.98. The maximum absolute atomic E-state index is 5.41. The molecule has 2 heterocycles. The molecule has 0 fully saturated rings. The number of anilines is 2. The SMILES string of the molecule is Cc1nn(C)cc1CNc1nc(N)ns1. The van der Waals surface area contributed by atoms with Gasteiger partial charge >= 0.3 is 0 Å². The van der Waals surface area contributed by atoms with Crippen LogP contribution in [0, 0.1) is 6.92 Å². The van der Waals surface area contributed by atoms with Crippen molar-refractivity contribution in [2.75, 3.05) is 11.1 Å². The average molecular weight is 224 g/mol. The van der Waals surface area contributed by atoms with Crippen LogP contribution in [0.25, 0.3) is 0 Å². The van der Waals surface area contributed by atoms with Gasteiger partial charge < -0.3 is 11.1 Å². The maximum atomic E-state index is 5.41. The Morgan fingerprint density at radius 2 is 2.40 bits per heavy atom. The van der Waals surface area contributed by atoms with Gasteiger partial charge in [0.05, 0.1) is 5.69 Å². The molecule has 0 amide bonds. The van der Waals surface area contributed by atoms with E-state index in [1.165, 1.54) is 11.5 Å². The van der Waals surface area contributed by atoms with Crippen molar-refractivity contribution < 1.29 is 0 Å². The standard InChI is InChI=1S/C8H12N6S/c1-5-6(4-14(2)12-5)3-10-8-11-7(9)13-15-8/h4H,3H2,1-2H3,(H3,9,10,11,13). The predicted octanol–water partition coefficient (Wildman–Crippen LogP) is 0.774. The molecule has 0 aliphatic heterocycles. The number of aromatic nitrogens is 4. The second-order valence-electron chi connectivity index (χ2n) is 3.22. The van der Waals surface area contributed by atoms with Crippen molar-refractivity contribution in [2.24, 2.45) is 7.05 Å². The van der Waals surface area contributed by atoms with Crippen LogP contribution < -0.4 is 11.1 Å². The second kappa shape index (κ2) is 3.85. The average Bonchev–Trinajstić information content (AvgIpc) is 2.70. The van der Waals surface area contributed by atoms with Crippen molar-refractivity contribution in [1.29, 1.82) is 0 Å². The van der Waals surface area contributed by atoms with Gasteiger partial charge in [0.25, 0.3) is 0 Å². The minimum absolute atomic E-state index is 0.311. The fourth-order valence-electron chi connectivity index (χ4n) is 1.30. The van der Waals surface area contributed by atoms with Crippen molar-refractivity contribution in [1.82, 2.24) is 19.1 Å². The fraction of sp³-hybridized carbons (Fsp3) is 0.375. The van der Waals surface area contributed by atoms with Crippen molar-refractivity contribution in [2.45, 2.75) is 13.5 Å². The molecule has 0 saturated heterocycles. The lowest BCUT2D eigenvalue weighted by Gasteiger charge is -1.99. The van der Waals surface area contributed by atoms with Gasteiger partial charge in [-0.05, 0) is 6.92 Å². The molecule has 0 aliphatic carbocycles. The zero-order valence-electron chi connectivity index (χ0n) is 8.56. The molecule has 0 spiro atoms. The molecule has 0 radical (unpaired) electrons. The van der Waals surface area contributed by atoms with Crippen LogP contribution in [-0.2, 0) is 13.6 Å². The molecular formula is C8H12N6S. The number of nitrogens with zero attached hydrogens (tertiary/aromatic N) is 4. The highest BCUT2D eigenvalue weighted by atomic mass is 32.1. The van der Waals surface area contributed by atoms with Gasteiger partial charge in [-0.15, -0.1) is 0 Å². The molecule has 2 rings (SSSR count). The van der Waals surface area contributed by atoms with E-state index in [9.17, 15) is 0 Å². The van der Waals surface area contributed by atoms with Gasteiger partial charge in [-0.3, -0.25) is 4.68 Å². The summed E-state index contributed by atoms with van der Waals surface area (Å²) in [5, 5.41) is 8.13. The molecule has 3 N–H and O–H groups in total. The highest BCUT2D eigenvalue weighted by Gasteiger charge is 2.04. The molecular weight excluding hydrogens is 212 g/mol. The Morgan fingerprint density at radius 3 is 2.93 bits per heavy atom. The number of hydrogen-bond acceptors (Lipinski definition) is 6. The third-order valence-electron chi connectivity index (χ3n) is 1.99. The van der Waals surface area contributed by atoms with E-state index in [4.69, 9.17) is 5.73 Å². The Kier molecular flexibility index (Phi) is 2.55. The van der Waals surface area contributed by atoms with E-state index in [1.54, 1.807) is 4.68 Å². The first-order chi connectivity index (χ1) is 7.15. The number of rotatable bonds is 3. The lowest BCUT2D eigenvalue weighted by Crippen LogP contribution is -1.99. The summed E-state index contributed by atoms with van der Waals surface area (Å²) in [7, 11) is 1.90. The summed E-state index contributed by atoms with van der Waals surface area (Å²) in [4.78, 5) is 4.01. The quantitative estimate of drug-likeness (QED) is 0.805. The molecule has 0 atom stereocenters. The van der Waals surface area contributed by atoms with Crippen LogP contribution in [0.1, 0.15) is 11.3 Å². The first-order valence-electron chi connectivity index (χ1n) is 4.47. The van der Waals surface area contributed by atoms with Crippen LogP contribution in [0.4, 0.5) is 11.1 Å². The smallest absolute Gasteiger partial charge is 0.233 e. The largest absolute Gasteiger partial charge is 0.367 e. The highest BCUT2D eigenvalue weighted by Crippen LogP contribution is 2.14. The summed E-state index contributed by atoms with van der Waals surface area (Å²) in [6.07, 6.45) is 1.98. The van der Waals surface area contributed by atoms with Crippen LogP contribution >= 0.6 is 11.5 Å². The number of hydrogen-bond donors (Lipinski definition) is 2. The van der Waals surface area contributed by atoms with E-state index in [1.807, 2.05) is 20.2 Å². The van der Waals surface area contributed by atoms with Crippen molar-refractivity contribution >= 4 is 22.6 Å². The number of nitrogens with two attached hydrogens (primary N) is 1. The van der Waals surface area contributed by atoms with Gasteiger partial charge in [0.15, 0.2) is 0 Å². The van der Waals surface area contributed by atoms with E-state index in [0.29, 0.717) is 12.5 Å². The summed E-state index contributed by atoms with van der Waals surface area (Å²) >= 11 is 1.26. The lowest BCUT2D eigenvalue weighted by atomic mass is 10.3. The third kappa shape index (κ3) is 2.24. The minimum atomic E-state index is 0.311. The Balaban J connectivity index is 2.01. The first kappa shape index (κ1) is 9.91. The zero-order valence-corrected chi connectivity index (χ0v) is 9.38. The summed E-state index contributed by atoms with van der Waals surface area (Å²) < 4.78 is 5.67. The molecule has 0 unspecified atom stereocenters. The van der Waals surface area contributed by atoms with Gasteiger partial charge in [-0.25, -0.2) is 0 Å². The Bertz CT molecular complexity index is 459. The summed E-state index contributed by atoms with van der Waals surface area (Å²) in [6.45, 7) is 2.67. The summed E-state index contributed by atoms with van der Waals surface area (Å²) in [5.41, 5.74) is 7.57. The van der Waals surface area contributed by atoms with Crippen LogP contribution in [0.5, 0.6) is 0 Å². The Labute approximate surface area is 91.3 Å². The maximum Gasteiger partial charge on any atom is 0.233 e. The first-order valence-corrected chi connectivity index (χ1v) is 5.24. The topological polar surface area (TPSA) is 81.7 Å². The lowest BCUT2D eigenvalue weighted by molar-refractivity contribution is 0.756. The van der Waals surface area contributed by atoms with Crippen LogP contribution in [0.2, 0.25) is 0 Å². The molecule has 0 bridgehead atoms.